The van der Waals surface area contributed by atoms with Crippen LogP contribution >= 0.6 is 34.8 Å². The van der Waals surface area contributed by atoms with Crippen molar-refractivity contribution < 1.29 is 17.9 Å². The summed E-state index contributed by atoms with van der Waals surface area (Å²) in [4.78, 5) is 0. The Morgan fingerprint density at radius 3 is 2.19 bits per heavy atom. The number of nitrogens with one attached hydrogen (secondary N) is 1. The molecule has 0 aliphatic heterocycles. The van der Waals surface area contributed by atoms with Gasteiger partial charge in [-0.25, -0.2) is 0 Å². The van der Waals surface area contributed by atoms with Crippen LogP contribution in [0.4, 0.5) is 18.9 Å². The number of alkyl halides is 3. The molecule has 0 saturated heterocycles. The van der Waals surface area contributed by atoms with Crippen LogP contribution in [0.15, 0.2) is 6.07 Å². The van der Waals surface area contributed by atoms with Crippen LogP contribution in [0.5, 0.6) is 5.75 Å². The molecule has 1 aromatic carbocycles. The summed E-state index contributed by atoms with van der Waals surface area (Å²) >= 11 is 16.8. The minimum absolute atomic E-state index is 0.0165. The van der Waals surface area contributed by atoms with Gasteiger partial charge in [-0.05, 0) is 0 Å². The normalized spacial score (nSPS) is 11.4. The van der Waals surface area contributed by atoms with Gasteiger partial charge in [0.1, 0.15) is 5.02 Å². The highest BCUT2D eigenvalue weighted by Gasteiger charge is 2.33. The fourth-order valence-corrected chi connectivity index (χ4v) is 1.64. The van der Waals surface area contributed by atoms with Crippen molar-refractivity contribution in [3.8, 4) is 5.75 Å². The summed E-state index contributed by atoms with van der Waals surface area (Å²) < 4.78 is 39.5. The lowest BCUT2D eigenvalue weighted by molar-refractivity contribution is -0.274. The van der Waals surface area contributed by atoms with Gasteiger partial charge in [-0.15, -0.1) is 13.2 Å². The van der Waals surface area contributed by atoms with Crippen molar-refractivity contribution in [3.63, 3.8) is 0 Å². The maximum absolute atomic E-state index is 12.0. The van der Waals surface area contributed by atoms with E-state index in [9.17, 15) is 13.2 Å². The lowest BCUT2D eigenvalue weighted by atomic mass is 10.3. The Morgan fingerprint density at radius 1 is 1.19 bits per heavy atom. The van der Waals surface area contributed by atoms with E-state index in [0.717, 1.165) is 6.07 Å². The van der Waals surface area contributed by atoms with Crippen molar-refractivity contribution in [2.45, 2.75) is 6.36 Å². The minimum atomic E-state index is -4.88. The Bertz CT molecular complexity index is 411. The van der Waals surface area contributed by atoms with Gasteiger partial charge in [0.25, 0.3) is 0 Å². The van der Waals surface area contributed by atoms with Gasteiger partial charge in [0.2, 0.25) is 0 Å². The molecule has 0 atom stereocenters. The number of hydrogen-bond donors (Lipinski definition) is 2. The van der Waals surface area contributed by atoms with Crippen molar-refractivity contribution in [1.29, 1.82) is 0 Å². The van der Waals surface area contributed by atoms with Crippen LogP contribution in [0, 0.1) is 0 Å². The van der Waals surface area contributed by atoms with E-state index < -0.39 is 17.1 Å². The largest absolute Gasteiger partial charge is 0.573 e. The van der Waals surface area contributed by atoms with E-state index in [1.165, 1.54) is 0 Å². The number of hydrogen-bond acceptors (Lipinski definition) is 3. The van der Waals surface area contributed by atoms with Crippen LogP contribution in [0.25, 0.3) is 0 Å². The third-order valence-corrected chi connectivity index (χ3v) is 2.64. The average Bonchev–Trinajstić information content (AvgIpc) is 2.12. The summed E-state index contributed by atoms with van der Waals surface area (Å²) in [6, 6.07) is 0.860. The Balaban J connectivity index is 3.23. The summed E-state index contributed by atoms with van der Waals surface area (Å²) in [5, 5.41) is -0.830. The number of hydrazine groups is 1. The smallest absolute Gasteiger partial charge is 0.404 e. The summed E-state index contributed by atoms with van der Waals surface area (Å²) in [5.74, 6) is 4.37. The number of benzene rings is 1. The average molecular weight is 295 g/mol. The highest BCUT2D eigenvalue weighted by Crippen LogP contribution is 2.43. The molecule has 0 spiro atoms. The maximum atomic E-state index is 12.0. The number of ether oxygens (including phenoxy) is 1. The van der Waals surface area contributed by atoms with Gasteiger partial charge < -0.3 is 10.2 Å². The second-order valence-electron chi connectivity index (χ2n) is 2.55. The molecule has 16 heavy (non-hydrogen) atoms. The van der Waals surface area contributed by atoms with Gasteiger partial charge in [0.15, 0.2) is 5.75 Å². The van der Waals surface area contributed by atoms with Crippen molar-refractivity contribution in [1.82, 2.24) is 0 Å². The molecule has 0 aromatic heterocycles. The monoisotopic (exact) mass is 294 g/mol. The predicted octanol–water partition coefficient (Wildman–Crippen LogP) is 3.83. The van der Waals surface area contributed by atoms with Crippen molar-refractivity contribution in [3.05, 3.63) is 21.1 Å². The molecule has 0 amide bonds. The van der Waals surface area contributed by atoms with E-state index in [4.69, 9.17) is 40.6 Å². The number of halogens is 6. The van der Waals surface area contributed by atoms with Gasteiger partial charge in [-0.3, -0.25) is 5.84 Å². The van der Waals surface area contributed by atoms with Crippen LogP contribution in [0.2, 0.25) is 15.1 Å². The molecule has 0 bridgehead atoms. The SMILES string of the molecule is NNc1c(Cl)cc(OC(F)(F)F)c(Cl)c1Cl. The first-order valence-corrected chi connectivity index (χ1v) is 4.79. The molecule has 0 aliphatic rings. The van der Waals surface area contributed by atoms with Gasteiger partial charge in [0.05, 0.1) is 15.7 Å². The molecule has 3 N–H and O–H groups in total. The van der Waals surface area contributed by atoms with E-state index in [2.05, 4.69) is 10.2 Å². The van der Waals surface area contributed by atoms with Crippen LogP contribution in [0.3, 0.4) is 0 Å². The molecule has 0 aliphatic carbocycles. The van der Waals surface area contributed by atoms with E-state index >= 15 is 0 Å². The highest BCUT2D eigenvalue weighted by atomic mass is 35.5. The molecule has 3 nitrogen and oxygen atoms in total. The highest BCUT2D eigenvalue weighted by molar-refractivity contribution is 6.47. The fourth-order valence-electron chi connectivity index (χ4n) is 0.905. The summed E-state index contributed by atoms with van der Waals surface area (Å²) in [5.41, 5.74) is 2.13. The molecule has 0 heterocycles. The van der Waals surface area contributed by atoms with Crippen molar-refractivity contribution in [2.75, 3.05) is 5.43 Å². The number of rotatable bonds is 2. The molecule has 0 fully saturated rings. The lowest BCUT2D eigenvalue weighted by Gasteiger charge is -2.14. The maximum Gasteiger partial charge on any atom is 0.573 e. The fraction of sp³-hybridized carbons (Fsp3) is 0.143. The summed E-state index contributed by atoms with van der Waals surface area (Å²) in [6.45, 7) is 0. The first-order chi connectivity index (χ1) is 7.26. The molecule has 1 aromatic rings. The first kappa shape index (κ1) is 13.5. The van der Waals surface area contributed by atoms with Crippen LogP contribution in [-0.2, 0) is 0 Å². The van der Waals surface area contributed by atoms with E-state index in [-0.39, 0.29) is 15.7 Å². The topological polar surface area (TPSA) is 47.3 Å². The Kier molecular flexibility index (Phi) is 4.01. The number of nitrogen functional groups attached to an aromatic ring is 1. The second kappa shape index (κ2) is 4.75. The quantitative estimate of drug-likeness (QED) is 0.495. The second-order valence-corrected chi connectivity index (χ2v) is 3.71. The first-order valence-electron chi connectivity index (χ1n) is 3.66. The molecule has 90 valence electrons. The zero-order chi connectivity index (χ0) is 12.5. The van der Waals surface area contributed by atoms with E-state index in [1.54, 1.807) is 0 Å². The molecule has 0 unspecified atom stereocenters. The van der Waals surface area contributed by atoms with Crippen LogP contribution < -0.4 is 16.0 Å². The standard InChI is InChI=1S/C7H4Cl3F3N2O/c8-2-1-3(16-7(11,12)13)4(9)5(10)6(2)15-14/h1,15H,14H2. The third-order valence-electron chi connectivity index (χ3n) is 1.50. The molecule has 9 heteroatoms. The lowest BCUT2D eigenvalue weighted by Crippen LogP contribution is -2.17. The molecule has 0 radical (unpaired) electrons. The van der Waals surface area contributed by atoms with Gasteiger partial charge in [0, 0.05) is 6.07 Å². The minimum Gasteiger partial charge on any atom is -0.404 e. The summed E-state index contributed by atoms with van der Waals surface area (Å²) in [7, 11) is 0. The van der Waals surface area contributed by atoms with Crippen molar-refractivity contribution in [2.24, 2.45) is 5.84 Å². The van der Waals surface area contributed by atoms with E-state index in [1.807, 2.05) is 0 Å². The molecular weight excluding hydrogens is 291 g/mol. The molecule has 0 saturated carbocycles. The van der Waals surface area contributed by atoms with Gasteiger partial charge in [-0.2, -0.15) is 0 Å². The number of anilines is 1. The van der Waals surface area contributed by atoms with Gasteiger partial charge in [-0.1, -0.05) is 34.8 Å². The van der Waals surface area contributed by atoms with Crippen LogP contribution in [0.1, 0.15) is 0 Å². The molecular formula is C7H4Cl3F3N2O. The zero-order valence-electron chi connectivity index (χ0n) is 7.33. The van der Waals surface area contributed by atoms with Crippen molar-refractivity contribution >= 4 is 40.5 Å². The van der Waals surface area contributed by atoms with E-state index in [0.29, 0.717) is 0 Å². The van der Waals surface area contributed by atoms with Crippen LogP contribution in [-0.4, -0.2) is 6.36 Å². The Labute approximate surface area is 103 Å². The molecule has 1 rings (SSSR count). The third kappa shape index (κ3) is 2.98. The van der Waals surface area contributed by atoms with Gasteiger partial charge >= 0.3 is 6.36 Å². The number of nitrogens with two attached hydrogens (primary N) is 1. The zero-order valence-corrected chi connectivity index (χ0v) is 9.60. The Hall–Kier alpha value is -0.560. The Morgan fingerprint density at radius 2 is 1.75 bits per heavy atom. The predicted molar refractivity (Wildman–Crippen MR) is 56.0 cm³/mol. The summed E-state index contributed by atoms with van der Waals surface area (Å²) in [6.07, 6.45) is -4.88.